The maximum Gasteiger partial charge on any atom is 0.313 e. The fourth-order valence-electron chi connectivity index (χ4n) is 3.21. The molecule has 1 saturated heterocycles. The molecule has 0 aromatic heterocycles. The van der Waals surface area contributed by atoms with E-state index in [1.807, 2.05) is 18.2 Å². The molecule has 1 fully saturated rings. The van der Waals surface area contributed by atoms with E-state index in [0.29, 0.717) is 30.8 Å². The molecule has 1 unspecified atom stereocenters. The molecule has 0 saturated carbocycles. The predicted octanol–water partition coefficient (Wildman–Crippen LogP) is 2.88. The minimum Gasteiger partial charge on any atom is -0.466 e. The van der Waals surface area contributed by atoms with E-state index in [9.17, 15) is 13.2 Å². The number of esters is 1. The first-order chi connectivity index (χ1) is 11.3. The van der Waals surface area contributed by atoms with Gasteiger partial charge in [0.05, 0.1) is 17.8 Å². The standard InChI is InChI=1S/C17H24ClNO4S/c1-3-23-16(20)17(12-14-7-5-8-15(18)11-14)9-6-10-19(13-17)24(21,22)4-2/h5,7-8,11H,3-4,6,9-10,12-13H2,1-2H3. The minimum atomic E-state index is -3.34. The third-order valence-corrected chi connectivity index (χ3v) is 6.50. The van der Waals surface area contributed by atoms with Crippen molar-refractivity contribution in [1.29, 1.82) is 0 Å². The average molecular weight is 374 g/mol. The number of piperidine rings is 1. The van der Waals surface area contributed by atoms with Crippen LogP contribution in [0.25, 0.3) is 0 Å². The minimum absolute atomic E-state index is 0.0308. The number of halogens is 1. The van der Waals surface area contributed by atoms with E-state index in [4.69, 9.17) is 16.3 Å². The Labute approximate surface area is 149 Å². The van der Waals surface area contributed by atoms with Crippen molar-refractivity contribution in [3.8, 4) is 0 Å². The Morgan fingerprint density at radius 3 is 2.75 bits per heavy atom. The van der Waals surface area contributed by atoms with Crippen molar-refractivity contribution in [3.63, 3.8) is 0 Å². The van der Waals surface area contributed by atoms with Gasteiger partial charge in [-0.3, -0.25) is 4.79 Å². The molecule has 1 aromatic rings. The summed E-state index contributed by atoms with van der Waals surface area (Å²) in [5.74, 6) is -0.302. The van der Waals surface area contributed by atoms with E-state index < -0.39 is 15.4 Å². The summed E-state index contributed by atoms with van der Waals surface area (Å²) in [6.07, 6.45) is 1.66. The van der Waals surface area contributed by atoms with E-state index in [1.54, 1.807) is 19.9 Å². The molecule has 0 spiro atoms. The number of hydrogen-bond donors (Lipinski definition) is 0. The number of sulfonamides is 1. The van der Waals surface area contributed by atoms with E-state index in [1.165, 1.54) is 4.31 Å². The second-order valence-electron chi connectivity index (χ2n) is 6.15. The maximum absolute atomic E-state index is 12.7. The number of hydrogen-bond acceptors (Lipinski definition) is 4. The Morgan fingerprint density at radius 2 is 2.12 bits per heavy atom. The van der Waals surface area contributed by atoms with Crippen molar-refractivity contribution in [1.82, 2.24) is 4.31 Å². The fourth-order valence-corrected chi connectivity index (χ4v) is 4.64. The monoisotopic (exact) mass is 373 g/mol. The lowest BCUT2D eigenvalue weighted by Crippen LogP contribution is -2.51. The summed E-state index contributed by atoms with van der Waals surface area (Å²) in [5, 5.41) is 0.598. The molecule has 0 aliphatic carbocycles. The molecule has 0 radical (unpaired) electrons. The molecule has 1 atom stereocenters. The van der Waals surface area contributed by atoms with Gasteiger partial charge in [0.25, 0.3) is 0 Å². The van der Waals surface area contributed by atoms with Gasteiger partial charge in [0, 0.05) is 18.1 Å². The molecule has 1 aromatic carbocycles. The van der Waals surface area contributed by atoms with Crippen molar-refractivity contribution in [2.75, 3.05) is 25.4 Å². The van der Waals surface area contributed by atoms with Gasteiger partial charge in [-0.15, -0.1) is 0 Å². The van der Waals surface area contributed by atoms with Crippen LogP contribution in [0.4, 0.5) is 0 Å². The topological polar surface area (TPSA) is 63.7 Å². The first-order valence-corrected chi connectivity index (χ1v) is 10.2. The molecule has 1 aliphatic rings. The van der Waals surface area contributed by atoms with Crippen LogP contribution in [-0.4, -0.2) is 44.1 Å². The maximum atomic E-state index is 12.7. The molecule has 1 heterocycles. The summed E-state index contributed by atoms with van der Waals surface area (Å²) >= 11 is 6.05. The molecule has 0 amide bonds. The highest BCUT2D eigenvalue weighted by molar-refractivity contribution is 7.89. The summed E-state index contributed by atoms with van der Waals surface area (Å²) in [4.78, 5) is 12.7. The second kappa shape index (κ2) is 7.85. The molecular weight excluding hydrogens is 350 g/mol. The molecule has 24 heavy (non-hydrogen) atoms. The molecule has 2 rings (SSSR count). The molecule has 7 heteroatoms. The lowest BCUT2D eigenvalue weighted by Gasteiger charge is -2.40. The second-order valence-corrected chi connectivity index (χ2v) is 8.84. The summed E-state index contributed by atoms with van der Waals surface area (Å²) < 4.78 is 31.3. The van der Waals surface area contributed by atoms with Crippen LogP contribution in [0.3, 0.4) is 0 Å². The van der Waals surface area contributed by atoms with Crippen molar-refractivity contribution in [2.24, 2.45) is 5.41 Å². The number of ether oxygens (including phenoxy) is 1. The quantitative estimate of drug-likeness (QED) is 0.719. The van der Waals surface area contributed by atoms with Crippen LogP contribution in [-0.2, 0) is 26.0 Å². The number of rotatable bonds is 6. The summed E-state index contributed by atoms with van der Waals surface area (Å²) in [7, 11) is -3.34. The van der Waals surface area contributed by atoms with Gasteiger partial charge in [0.2, 0.25) is 10.0 Å². The summed E-state index contributed by atoms with van der Waals surface area (Å²) in [5.41, 5.74) is 0.0487. The zero-order chi connectivity index (χ0) is 17.8. The van der Waals surface area contributed by atoms with Gasteiger partial charge < -0.3 is 4.74 Å². The van der Waals surface area contributed by atoms with Gasteiger partial charge >= 0.3 is 5.97 Å². The van der Waals surface area contributed by atoms with Gasteiger partial charge in [-0.25, -0.2) is 12.7 Å². The Hall–Kier alpha value is -1.11. The van der Waals surface area contributed by atoms with E-state index in [0.717, 1.165) is 5.56 Å². The van der Waals surface area contributed by atoms with Crippen molar-refractivity contribution < 1.29 is 17.9 Å². The summed E-state index contributed by atoms with van der Waals surface area (Å²) in [6, 6.07) is 7.33. The van der Waals surface area contributed by atoms with Crippen LogP contribution < -0.4 is 0 Å². The van der Waals surface area contributed by atoms with Crippen LogP contribution in [0, 0.1) is 5.41 Å². The first-order valence-electron chi connectivity index (χ1n) is 8.22. The molecule has 1 aliphatic heterocycles. The average Bonchev–Trinajstić information content (AvgIpc) is 2.55. The molecule has 5 nitrogen and oxygen atoms in total. The SMILES string of the molecule is CCOC(=O)C1(Cc2cccc(Cl)c2)CCCN(S(=O)(=O)CC)C1. The highest BCUT2D eigenvalue weighted by Crippen LogP contribution is 2.36. The lowest BCUT2D eigenvalue weighted by atomic mass is 9.75. The Morgan fingerprint density at radius 1 is 1.38 bits per heavy atom. The number of nitrogens with zero attached hydrogens (tertiary/aromatic N) is 1. The third-order valence-electron chi connectivity index (χ3n) is 4.44. The van der Waals surface area contributed by atoms with E-state index in [-0.39, 0.29) is 24.9 Å². The Bertz CT molecular complexity index is 692. The van der Waals surface area contributed by atoms with Crippen molar-refractivity contribution in [3.05, 3.63) is 34.9 Å². The largest absolute Gasteiger partial charge is 0.466 e. The zero-order valence-corrected chi connectivity index (χ0v) is 15.7. The van der Waals surface area contributed by atoms with E-state index in [2.05, 4.69) is 0 Å². The number of carbonyl (C=O) groups excluding carboxylic acids is 1. The summed E-state index contributed by atoms with van der Waals surface area (Å²) in [6.45, 7) is 4.26. The van der Waals surface area contributed by atoms with Crippen LogP contribution in [0.1, 0.15) is 32.3 Å². The van der Waals surface area contributed by atoms with E-state index >= 15 is 0 Å². The zero-order valence-electron chi connectivity index (χ0n) is 14.1. The van der Waals surface area contributed by atoms with Crippen LogP contribution in [0.2, 0.25) is 5.02 Å². The molecule has 134 valence electrons. The van der Waals surface area contributed by atoms with Crippen molar-refractivity contribution >= 4 is 27.6 Å². The number of benzene rings is 1. The van der Waals surface area contributed by atoms with Crippen LogP contribution in [0.5, 0.6) is 0 Å². The van der Waals surface area contributed by atoms with Gasteiger partial charge in [-0.1, -0.05) is 23.7 Å². The highest BCUT2D eigenvalue weighted by atomic mass is 35.5. The predicted molar refractivity (Wildman–Crippen MR) is 94.5 cm³/mol. The lowest BCUT2D eigenvalue weighted by molar-refractivity contribution is -0.157. The van der Waals surface area contributed by atoms with Crippen LogP contribution in [0.15, 0.2) is 24.3 Å². The molecular formula is C17H24ClNO4S. The Kier molecular flexibility index (Phi) is 6.28. The third kappa shape index (κ3) is 4.29. The molecule has 0 bridgehead atoms. The Balaban J connectivity index is 2.35. The van der Waals surface area contributed by atoms with Gasteiger partial charge in [-0.2, -0.15) is 0 Å². The van der Waals surface area contributed by atoms with Gasteiger partial charge in [0.1, 0.15) is 0 Å². The smallest absolute Gasteiger partial charge is 0.313 e. The van der Waals surface area contributed by atoms with Gasteiger partial charge in [0.15, 0.2) is 0 Å². The number of carbonyl (C=O) groups is 1. The first kappa shape index (κ1) is 19.2. The fraction of sp³-hybridized carbons (Fsp3) is 0.588. The highest BCUT2D eigenvalue weighted by Gasteiger charge is 2.46. The van der Waals surface area contributed by atoms with Crippen molar-refractivity contribution in [2.45, 2.75) is 33.1 Å². The van der Waals surface area contributed by atoms with Crippen LogP contribution >= 0.6 is 11.6 Å². The van der Waals surface area contributed by atoms with Gasteiger partial charge in [-0.05, 0) is 50.8 Å². The molecule has 0 N–H and O–H groups in total. The normalized spacial score (nSPS) is 22.3.